The van der Waals surface area contributed by atoms with Gasteiger partial charge in [0.15, 0.2) is 5.11 Å². The first-order valence-corrected chi connectivity index (χ1v) is 10.7. The predicted molar refractivity (Wildman–Crippen MR) is 122 cm³/mol. The number of carbonyl (C=O) groups excluding carboxylic acids is 2. The molecule has 1 aliphatic rings. The number of amides is 2. The van der Waals surface area contributed by atoms with Gasteiger partial charge in [0, 0.05) is 11.6 Å². The van der Waals surface area contributed by atoms with Crippen LogP contribution in [0.2, 0.25) is 0 Å². The van der Waals surface area contributed by atoms with Gasteiger partial charge in [0.2, 0.25) is 0 Å². The van der Waals surface area contributed by atoms with E-state index in [1.807, 2.05) is 19.1 Å². The van der Waals surface area contributed by atoms with Crippen molar-refractivity contribution in [2.75, 3.05) is 11.9 Å². The molecule has 0 heterocycles. The minimum absolute atomic E-state index is 0.131. The number of rotatable bonds is 6. The molecule has 3 N–H and O–H groups in total. The second-order valence-electron chi connectivity index (χ2n) is 7.22. The van der Waals surface area contributed by atoms with Gasteiger partial charge in [-0.2, -0.15) is 0 Å². The molecule has 2 aromatic carbocycles. The van der Waals surface area contributed by atoms with Crippen molar-refractivity contribution in [1.29, 1.82) is 0 Å². The summed E-state index contributed by atoms with van der Waals surface area (Å²) in [6.07, 6.45) is 5.54. The van der Waals surface area contributed by atoms with Crippen molar-refractivity contribution in [3.05, 3.63) is 59.7 Å². The lowest BCUT2D eigenvalue weighted by Gasteiger charge is -2.23. The molecule has 3 rings (SSSR count). The Morgan fingerprint density at radius 3 is 2.40 bits per heavy atom. The summed E-state index contributed by atoms with van der Waals surface area (Å²) in [4.78, 5) is 25.2. The van der Waals surface area contributed by atoms with Gasteiger partial charge in [-0.05, 0) is 68.4 Å². The van der Waals surface area contributed by atoms with Crippen LogP contribution in [0.1, 0.15) is 59.7 Å². The minimum atomic E-state index is -0.334. The summed E-state index contributed by atoms with van der Waals surface area (Å²) in [7, 11) is 0. The fourth-order valence-electron chi connectivity index (χ4n) is 3.50. The monoisotopic (exact) mass is 425 g/mol. The van der Waals surface area contributed by atoms with E-state index >= 15 is 0 Å². The number of carbonyl (C=O) groups is 2. The standard InChI is InChI=1S/C23H27N3O3S/c1-2-29-18-14-12-16(13-15-18)21(27)26-23(30)25-20-11-7-6-10-19(20)22(28)24-17-8-4-3-5-9-17/h6-7,10-15,17H,2-5,8-9H2,1H3,(H,24,28)(H2,25,26,27,30). The summed E-state index contributed by atoms with van der Waals surface area (Å²) in [5.74, 6) is 0.234. The maximum atomic E-state index is 12.8. The topological polar surface area (TPSA) is 79.5 Å². The van der Waals surface area contributed by atoms with Crippen LogP contribution in [-0.4, -0.2) is 29.6 Å². The third kappa shape index (κ3) is 6.03. The fraction of sp³-hybridized carbons (Fsp3) is 0.348. The first-order chi connectivity index (χ1) is 14.6. The average Bonchev–Trinajstić information content (AvgIpc) is 2.75. The lowest BCUT2D eigenvalue weighted by atomic mass is 9.95. The minimum Gasteiger partial charge on any atom is -0.494 e. The number of nitrogens with one attached hydrogen (secondary N) is 3. The van der Waals surface area contributed by atoms with E-state index in [9.17, 15) is 9.59 Å². The first kappa shape index (κ1) is 21.8. The van der Waals surface area contributed by atoms with Gasteiger partial charge in [-0.15, -0.1) is 0 Å². The van der Waals surface area contributed by atoms with Crippen LogP contribution in [0.5, 0.6) is 5.75 Å². The van der Waals surface area contributed by atoms with E-state index in [0.29, 0.717) is 29.2 Å². The molecular formula is C23H27N3O3S. The molecule has 158 valence electrons. The van der Waals surface area contributed by atoms with Crippen molar-refractivity contribution in [2.45, 2.75) is 45.1 Å². The van der Waals surface area contributed by atoms with Gasteiger partial charge in [0.05, 0.1) is 17.9 Å². The molecule has 0 atom stereocenters. The van der Waals surface area contributed by atoms with Gasteiger partial charge in [-0.1, -0.05) is 31.4 Å². The maximum Gasteiger partial charge on any atom is 0.257 e. The Hall–Kier alpha value is -2.93. The molecule has 7 heteroatoms. The summed E-state index contributed by atoms with van der Waals surface area (Å²) in [6.45, 7) is 2.46. The molecule has 2 amide bonds. The zero-order valence-corrected chi connectivity index (χ0v) is 17.9. The number of para-hydroxylation sites is 1. The molecule has 6 nitrogen and oxygen atoms in total. The molecular weight excluding hydrogens is 398 g/mol. The van der Waals surface area contributed by atoms with Crippen LogP contribution in [-0.2, 0) is 0 Å². The molecule has 1 fully saturated rings. The van der Waals surface area contributed by atoms with Gasteiger partial charge in [0.1, 0.15) is 5.75 Å². The lowest BCUT2D eigenvalue weighted by Crippen LogP contribution is -2.37. The van der Waals surface area contributed by atoms with Crippen molar-refractivity contribution >= 4 is 34.8 Å². The van der Waals surface area contributed by atoms with Crippen LogP contribution in [0.3, 0.4) is 0 Å². The summed E-state index contributed by atoms with van der Waals surface area (Å²) >= 11 is 5.29. The smallest absolute Gasteiger partial charge is 0.257 e. The Bertz CT molecular complexity index is 893. The van der Waals surface area contributed by atoms with E-state index in [4.69, 9.17) is 17.0 Å². The molecule has 0 unspecified atom stereocenters. The highest BCUT2D eigenvalue weighted by Gasteiger charge is 2.19. The Morgan fingerprint density at radius 2 is 1.70 bits per heavy atom. The fourth-order valence-corrected chi connectivity index (χ4v) is 3.70. The molecule has 1 saturated carbocycles. The number of benzene rings is 2. The maximum absolute atomic E-state index is 12.8. The largest absolute Gasteiger partial charge is 0.494 e. The number of hydrogen-bond donors (Lipinski definition) is 3. The molecule has 0 radical (unpaired) electrons. The second-order valence-corrected chi connectivity index (χ2v) is 7.63. The highest BCUT2D eigenvalue weighted by atomic mass is 32.1. The van der Waals surface area contributed by atoms with Crippen molar-refractivity contribution in [3.8, 4) is 5.75 Å². The third-order valence-corrected chi connectivity index (χ3v) is 5.22. The van der Waals surface area contributed by atoms with Gasteiger partial charge in [0.25, 0.3) is 11.8 Å². The Balaban J connectivity index is 1.60. The van der Waals surface area contributed by atoms with E-state index < -0.39 is 0 Å². The summed E-state index contributed by atoms with van der Waals surface area (Å²) in [5.41, 5.74) is 1.52. The van der Waals surface area contributed by atoms with E-state index in [1.165, 1.54) is 6.42 Å². The molecule has 0 saturated heterocycles. The Morgan fingerprint density at radius 1 is 1.00 bits per heavy atom. The van der Waals surface area contributed by atoms with E-state index in [1.54, 1.807) is 36.4 Å². The Kier molecular flexibility index (Phi) is 7.79. The van der Waals surface area contributed by atoms with Crippen molar-refractivity contribution in [2.24, 2.45) is 0 Å². The summed E-state index contributed by atoms with van der Waals surface area (Å²) in [5, 5.41) is 8.87. The molecule has 1 aliphatic carbocycles. The predicted octanol–water partition coefficient (Wildman–Crippen LogP) is 4.27. The first-order valence-electron chi connectivity index (χ1n) is 10.3. The van der Waals surface area contributed by atoms with Crippen LogP contribution in [0.15, 0.2) is 48.5 Å². The van der Waals surface area contributed by atoms with Gasteiger partial charge >= 0.3 is 0 Å². The normalized spacial score (nSPS) is 13.9. The van der Waals surface area contributed by atoms with Crippen LogP contribution in [0, 0.1) is 0 Å². The van der Waals surface area contributed by atoms with Gasteiger partial charge < -0.3 is 15.4 Å². The second kappa shape index (κ2) is 10.7. The number of ether oxygens (including phenoxy) is 1. The third-order valence-electron chi connectivity index (χ3n) is 5.01. The SMILES string of the molecule is CCOc1ccc(C(=O)NC(=S)Nc2ccccc2C(=O)NC2CCCCC2)cc1. The van der Waals surface area contributed by atoms with E-state index in [0.717, 1.165) is 25.7 Å². The van der Waals surface area contributed by atoms with Gasteiger partial charge in [-0.3, -0.25) is 14.9 Å². The number of anilines is 1. The average molecular weight is 426 g/mol. The molecule has 0 spiro atoms. The number of thiocarbonyl (C=S) groups is 1. The summed E-state index contributed by atoms with van der Waals surface area (Å²) in [6, 6.07) is 14.2. The highest BCUT2D eigenvalue weighted by Crippen LogP contribution is 2.20. The summed E-state index contributed by atoms with van der Waals surface area (Å²) < 4.78 is 5.38. The van der Waals surface area contributed by atoms with Gasteiger partial charge in [-0.25, -0.2) is 0 Å². The number of hydrogen-bond acceptors (Lipinski definition) is 4. The van der Waals surface area contributed by atoms with Crippen molar-refractivity contribution in [3.63, 3.8) is 0 Å². The molecule has 0 aliphatic heterocycles. The van der Waals surface area contributed by atoms with Crippen LogP contribution >= 0.6 is 12.2 Å². The molecule has 0 aromatic heterocycles. The quantitative estimate of drug-likeness (QED) is 0.602. The zero-order chi connectivity index (χ0) is 21.3. The van der Waals surface area contributed by atoms with E-state index in [-0.39, 0.29) is 23.0 Å². The Labute approximate surface area is 182 Å². The zero-order valence-electron chi connectivity index (χ0n) is 17.1. The van der Waals surface area contributed by atoms with Crippen molar-refractivity contribution in [1.82, 2.24) is 10.6 Å². The molecule has 30 heavy (non-hydrogen) atoms. The van der Waals surface area contributed by atoms with Crippen molar-refractivity contribution < 1.29 is 14.3 Å². The molecule has 2 aromatic rings. The molecule has 0 bridgehead atoms. The van der Waals surface area contributed by atoms with Crippen LogP contribution < -0.4 is 20.7 Å². The van der Waals surface area contributed by atoms with E-state index in [2.05, 4.69) is 16.0 Å². The highest BCUT2D eigenvalue weighted by molar-refractivity contribution is 7.80. The lowest BCUT2D eigenvalue weighted by molar-refractivity contribution is 0.0927. The van der Waals surface area contributed by atoms with Crippen LogP contribution in [0.4, 0.5) is 5.69 Å². The van der Waals surface area contributed by atoms with Crippen LogP contribution in [0.25, 0.3) is 0 Å².